The van der Waals surface area contributed by atoms with E-state index < -0.39 is 0 Å². The quantitative estimate of drug-likeness (QED) is 0.839. The van der Waals surface area contributed by atoms with Crippen LogP contribution in [0.15, 0.2) is 24.3 Å². The van der Waals surface area contributed by atoms with Crippen molar-refractivity contribution in [3.63, 3.8) is 0 Å². The van der Waals surface area contributed by atoms with Gasteiger partial charge in [-0.15, -0.1) is 0 Å². The Bertz CT molecular complexity index is 335. The summed E-state index contributed by atoms with van der Waals surface area (Å²) in [4.78, 5) is 2.59. The van der Waals surface area contributed by atoms with Crippen LogP contribution in [0.2, 0.25) is 0 Å². The van der Waals surface area contributed by atoms with E-state index in [1.165, 1.54) is 30.5 Å². The molecule has 16 heavy (non-hydrogen) atoms. The molecule has 1 aliphatic heterocycles. The van der Waals surface area contributed by atoms with Crippen molar-refractivity contribution in [3.8, 4) is 0 Å². The number of benzene rings is 1. The monoisotopic (exact) mass is 218 g/mol. The van der Waals surface area contributed by atoms with E-state index in [0.29, 0.717) is 6.04 Å². The van der Waals surface area contributed by atoms with Gasteiger partial charge in [0.15, 0.2) is 0 Å². The molecule has 0 aliphatic carbocycles. The second-order valence-electron chi connectivity index (χ2n) is 4.63. The molecule has 1 heterocycles. The molecule has 0 amide bonds. The van der Waals surface area contributed by atoms with Gasteiger partial charge in [0.1, 0.15) is 0 Å². The molecule has 88 valence electrons. The van der Waals surface area contributed by atoms with Crippen LogP contribution in [0.25, 0.3) is 0 Å². The van der Waals surface area contributed by atoms with E-state index in [1.54, 1.807) is 0 Å². The third-order valence-electron chi connectivity index (χ3n) is 3.65. The van der Waals surface area contributed by atoms with E-state index >= 15 is 0 Å². The largest absolute Gasteiger partial charge is 0.330 e. The first-order valence-corrected chi connectivity index (χ1v) is 6.36. The molecule has 1 atom stereocenters. The van der Waals surface area contributed by atoms with Gasteiger partial charge in [-0.25, -0.2) is 0 Å². The summed E-state index contributed by atoms with van der Waals surface area (Å²) in [7, 11) is 0. The number of fused-ring (bicyclic) bond motifs is 1. The van der Waals surface area contributed by atoms with Crippen molar-refractivity contribution < 1.29 is 0 Å². The zero-order valence-electron chi connectivity index (χ0n) is 10.2. The molecule has 0 bridgehead atoms. The summed E-state index contributed by atoms with van der Waals surface area (Å²) in [6, 6.07) is 9.48. The first-order valence-electron chi connectivity index (χ1n) is 6.36. The molecule has 1 aromatic rings. The van der Waals surface area contributed by atoms with E-state index in [4.69, 9.17) is 5.73 Å². The lowest BCUT2D eigenvalue weighted by Crippen LogP contribution is -2.40. The summed E-state index contributed by atoms with van der Waals surface area (Å²) >= 11 is 0. The minimum Gasteiger partial charge on any atom is -0.330 e. The predicted octanol–water partition coefficient (Wildman–Crippen LogP) is 2.17. The van der Waals surface area contributed by atoms with Crippen LogP contribution in [0, 0.1) is 0 Å². The van der Waals surface area contributed by atoms with E-state index in [1.807, 2.05) is 0 Å². The lowest BCUT2D eigenvalue weighted by Gasteiger charge is -2.35. The SMILES string of the molecule is CCC(CCN)N1CCc2ccccc2C1. The third kappa shape index (κ3) is 2.45. The summed E-state index contributed by atoms with van der Waals surface area (Å²) in [6.45, 7) is 5.36. The first kappa shape index (κ1) is 11.6. The van der Waals surface area contributed by atoms with Gasteiger partial charge in [-0.2, -0.15) is 0 Å². The summed E-state index contributed by atoms with van der Waals surface area (Å²) in [5, 5.41) is 0. The average Bonchev–Trinajstić information content (AvgIpc) is 2.35. The summed E-state index contributed by atoms with van der Waals surface area (Å²) in [5.74, 6) is 0. The van der Waals surface area contributed by atoms with E-state index in [9.17, 15) is 0 Å². The number of hydrogen-bond donors (Lipinski definition) is 1. The minimum absolute atomic E-state index is 0.665. The zero-order valence-corrected chi connectivity index (χ0v) is 10.2. The summed E-state index contributed by atoms with van der Waals surface area (Å²) in [5.41, 5.74) is 8.71. The molecule has 0 radical (unpaired) electrons. The van der Waals surface area contributed by atoms with Crippen molar-refractivity contribution >= 4 is 0 Å². The Hall–Kier alpha value is -0.860. The number of nitrogens with zero attached hydrogens (tertiary/aromatic N) is 1. The predicted molar refractivity (Wildman–Crippen MR) is 68.3 cm³/mol. The highest BCUT2D eigenvalue weighted by Gasteiger charge is 2.21. The van der Waals surface area contributed by atoms with Gasteiger partial charge in [0.05, 0.1) is 0 Å². The van der Waals surface area contributed by atoms with E-state index in [-0.39, 0.29) is 0 Å². The summed E-state index contributed by atoms with van der Waals surface area (Å²) in [6.07, 6.45) is 3.52. The molecule has 2 nitrogen and oxygen atoms in total. The van der Waals surface area contributed by atoms with Crippen molar-refractivity contribution in [1.29, 1.82) is 0 Å². The molecular weight excluding hydrogens is 196 g/mol. The number of nitrogens with two attached hydrogens (primary N) is 1. The fourth-order valence-electron chi connectivity index (χ4n) is 2.67. The van der Waals surface area contributed by atoms with Crippen molar-refractivity contribution in [2.45, 2.75) is 38.8 Å². The van der Waals surface area contributed by atoms with Crippen molar-refractivity contribution in [2.75, 3.05) is 13.1 Å². The van der Waals surface area contributed by atoms with E-state index in [0.717, 1.165) is 19.5 Å². The molecule has 1 unspecified atom stereocenters. The average molecular weight is 218 g/mol. The van der Waals surface area contributed by atoms with Gasteiger partial charge in [0.2, 0.25) is 0 Å². The molecule has 0 fully saturated rings. The maximum absolute atomic E-state index is 5.68. The van der Waals surface area contributed by atoms with Gasteiger partial charge in [0.25, 0.3) is 0 Å². The van der Waals surface area contributed by atoms with Crippen molar-refractivity contribution in [3.05, 3.63) is 35.4 Å². The van der Waals surface area contributed by atoms with Crippen LogP contribution in [0.4, 0.5) is 0 Å². The third-order valence-corrected chi connectivity index (χ3v) is 3.65. The molecule has 0 saturated heterocycles. The molecule has 2 rings (SSSR count). The van der Waals surface area contributed by atoms with Crippen LogP contribution < -0.4 is 5.73 Å². The molecule has 0 aromatic heterocycles. The Balaban J connectivity index is 2.06. The van der Waals surface area contributed by atoms with Gasteiger partial charge in [-0.1, -0.05) is 31.2 Å². The lowest BCUT2D eigenvalue weighted by atomic mass is 9.97. The van der Waals surface area contributed by atoms with Gasteiger partial charge in [-0.05, 0) is 36.9 Å². The standard InChI is InChI=1S/C14H22N2/c1-2-14(7-9-15)16-10-8-12-5-3-4-6-13(12)11-16/h3-6,14H,2,7-11,15H2,1H3. The Morgan fingerprint density at radius 3 is 2.75 bits per heavy atom. The molecule has 0 saturated carbocycles. The van der Waals surface area contributed by atoms with E-state index in [2.05, 4.69) is 36.1 Å². The topological polar surface area (TPSA) is 29.3 Å². The number of rotatable bonds is 4. The van der Waals surface area contributed by atoms with Gasteiger partial charge >= 0.3 is 0 Å². The van der Waals surface area contributed by atoms with Crippen LogP contribution in [0.3, 0.4) is 0 Å². The molecule has 2 N–H and O–H groups in total. The molecule has 2 heteroatoms. The maximum atomic E-state index is 5.68. The van der Waals surface area contributed by atoms with Crippen molar-refractivity contribution in [1.82, 2.24) is 4.90 Å². The maximum Gasteiger partial charge on any atom is 0.0239 e. The highest BCUT2D eigenvalue weighted by molar-refractivity contribution is 5.29. The number of hydrogen-bond acceptors (Lipinski definition) is 2. The van der Waals surface area contributed by atoms with Gasteiger partial charge in [-0.3, -0.25) is 4.90 Å². The van der Waals surface area contributed by atoms with Crippen molar-refractivity contribution in [2.24, 2.45) is 5.73 Å². The molecule has 0 spiro atoms. The summed E-state index contributed by atoms with van der Waals surface area (Å²) < 4.78 is 0. The zero-order chi connectivity index (χ0) is 11.4. The molecular formula is C14H22N2. The smallest absolute Gasteiger partial charge is 0.0239 e. The molecule has 1 aromatic carbocycles. The fourth-order valence-corrected chi connectivity index (χ4v) is 2.67. The molecule has 1 aliphatic rings. The fraction of sp³-hybridized carbons (Fsp3) is 0.571. The van der Waals surface area contributed by atoms with Crippen LogP contribution in [-0.2, 0) is 13.0 Å². The van der Waals surface area contributed by atoms with Crippen LogP contribution >= 0.6 is 0 Å². The first-order chi connectivity index (χ1) is 7.85. The Morgan fingerprint density at radius 1 is 1.31 bits per heavy atom. The van der Waals surface area contributed by atoms with Crippen LogP contribution in [0.5, 0.6) is 0 Å². The lowest BCUT2D eigenvalue weighted by molar-refractivity contribution is 0.166. The van der Waals surface area contributed by atoms with Gasteiger partial charge < -0.3 is 5.73 Å². The highest BCUT2D eigenvalue weighted by atomic mass is 15.2. The Morgan fingerprint density at radius 2 is 2.06 bits per heavy atom. The Labute approximate surface area is 98.4 Å². The highest BCUT2D eigenvalue weighted by Crippen LogP contribution is 2.22. The van der Waals surface area contributed by atoms with Crippen LogP contribution in [-0.4, -0.2) is 24.0 Å². The normalized spacial score (nSPS) is 18.1. The van der Waals surface area contributed by atoms with Gasteiger partial charge in [0, 0.05) is 19.1 Å². The second kappa shape index (κ2) is 5.46. The minimum atomic E-state index is 0.665. The second-order valence-corrected chi connectivity index (χ2v) is 4.63. The Kier molecular flexibility index (Phi) is 3.97. The van der Waals surface area contributed by atoms with Crippen LogP contribution in [0.1, 0.15) is 30.9 Å².